The number of hydrazine groups is 1. The molecular formula is C22H28ClFN4O5S2. The Morgan fingerprint density at radius 1 is 1.14 bits per heavy atom. The van der Waals surface area contributed by atoms with E-state index in [1.807, 2.05) is 10.3 Å². The molecule has 1 aromatic carbocycles. The van der Waals surface area contributed by atoms with Gasteiger partial charge in [-0.1, -0.05) is 24.4 Å². The second-order valence-corrected chi connectivity index (χ2v) is 14.1. The van der Waals surface area contributed by atoms with Crippen molar-refractivity contribution in [3.63, 3.8) is 0 Å². The van der Waals surface area contributed by atoms with Crippen LogP contribution in [0.5, 0.6) is 0 Å². The fourth-order valence-corrected chi connectivity index (χ4v) is 8.71. The van der Waals surface area contributed by atoms with Crippen molar-refractivity contribution in [2.75, 3.05) is 5.75 Å². The number of nitrogens with zero attached hydrogens (tertiary/aromatic N) is 2. The minimum absolute atomic E-state index is 0.282. The van der Waals surface area contributed by atoms with Crippen molar-refractivity contribution >= 4 is 37.4 Å². The largest absolute Gasteiger partial charge is 0.340 e. The Morgan fingerprint density at radius 3 is 2.46 bits per heavy atom. The molecule has 2 N–H and O–H groups in total. The third-order valence-corrected chi connectivity index (χ3v) is 11.1. The molecule has 0 radical (unpaired) electrons. The quantitative estimate of drug-likeness (QED) is 0.490. The van der Waals surface area contributed by atoms with E-state index in [-0.39, 0.29) is 28.4 Å². The van der Waals surface area contributed by atoms with Crippen molar-refractivity contribution in [3.05, 3.63) is 41.1 Å². The molecule has 0 bridgehead atoms. The number of rotatable bonds is 8. The van der Waals surface area contributed by atoms with Gasteiger partial charge in [-0.2, -0.15) is 0 Å². The molecule has 4 rings (SSSR count). The Hall–Kier alpha value is -2.02. The summed E-state index contributed by atoms with van der Waals surface area (Å²) in [5, 5.41) is -1.13. The van der Waals surface area contributed by atoms with Gasteiger partial charge in [0.15, 0.2) is 15.7 Å². The van der Waals surface area contributed by atoms with Gasteiger partial charge < -0.3 is 4.57 Å². The van der Waals surface area contributed by atoms with Gasteiger partial charge in [-0.15, -0.1) is 4.83 Å². The number of benzene rings is 1. The number of hydrogen-bond donors (Lipinski definition) is 2. The van der Waals surface area contributed by atoms with Crippen molar-refractivity contribution in [1.29, 1.82) is 0 Å². The normalized spacial score (nSPS) is 21.5. The summed E-state index contributed by atoms with van der Waals surface area (Å²) in [6.45, 7) is 0. The number of carbonyl (C=O) groups excluding carboxylic acids is 1. The highest BCUT2D eigenvalue weighted by atomic mass is 35.5. The zero-order valence-corrected chi connectivity index (χ0v) is 21.6. The Morgan fingerprint density at radius 2 is 1.83 bits per heavy atom. The first kappa shape index (κ1) is 26.1. The molecule has 35 heavy (non-hydrogen) atoms. The van der Waals surface area contributed by atoms with Crippen LogP contribution in [0.1, 0.15) is 55.3 Å². The summed E-state index contributed by atoms with van der Waals surface area (Å²) in [7, 11) is -5.50. The van der Waals surface area contributed by atoms with Gasteiger partial charge in [0.2, 0.25) is 10.0 Å². The number of aromatic nitrogens is 2. The molecule has 0 aliphatic heterocycles. The molecule has 1 heterocycles. The molecule has 2 unspecified atom stereocenters. The zero-order chi connectivity index (χ0) is 25.4. The number of imidazole rings is 1. The minimum Gasteiger partial charge on any atom is -0.340 e. The van der Waals surface area contributed by atoms with Crippen LogP contribution in [0, 0.1) is 11.7 Å². The van der Waals surface area contributed by atoms with Crippen LogP contribution in [0.25, 0.3) is 11.3 Å². The summed E-state index contributed by atoms with van der Waals surface area (Å²) in [5.74, 6) is -2.68. The third-order valence-electron chi connectivity index (χ3n) is 6.76. The summed E-state index contributed by atoms with van der Waals surface area (Å²) >= 11 is 5.95. The molecule has 13 heteroatoms. The van der Waals surface area contributed by atoms with Crippen LogP contribution >= 0.6 is 11.6 Å². The molecule has 1 amide bonds. The molecule has 2 atom stereocenters. The van der Waals surface area contributed by atoms with E-state index in [9.17, 15) is 26.0 Å². The van der Waals surface area contributed by atoms with Crippen LogP contribution in [-0.2, 0) is 26.9 Å². The van der Waals surface area contributed by atoms with Crippen LogP contribution in [-0.4, -0.2) is 48.5 Å². The molecular weight excluding hydrogens is 519 g/mol. The number of amides is 1. The molecule has 0 spiro atoms. The first-order valence-electron chi connectivity index (χ1n) is 11.5. The molecule has 2 aliphatic carbocycles. The van der Waals surface area contributed by atoms with Crippen molar-refractivity contribution < 1.29 is 26.0 Å². The van der Waals surface area contributed by atoms with Crippen LogP contribution in [0.2, 0.25) is 5.02 Å². The van der Waals surface area contributed by atoms with Crippen molar-refractivity contribution in [2.24, 2.45) is 13.0 Å². The molecule has 2 aromatic rings. The van der Waals surface area contributed by atoms with Gasteiger partial charge in [-0.05, 0) is 50.2 Å². The molecule has 9 nitrogen and oxygen atoms in total. The summed E-state index contributed by atoms with van der Waals surface area (Å²) in [6.07, 6.45) is 7.51. The summed E-state index contributed by atoms with van der Waals surface area (Å²) in [5.41, 5.74) is 2.46. The third kappa shape index (κ3) is 5.87. The standard InChI is InChI=1S/C22H28ClFN4O5S2/c1-28-11-20(25-13-28)15-9-18(21(24)19(23)10-15)22(29)26-27-34(30,31)12-14-4-2-7-17(8-14)35(32,33)16-5-3-6-16/h9-11,13-14,16-17,27H,2-8,12H2,1H3,(H,26,29). The van der Waals surface area contributed by atoms with Gasteiger partial charge in [0, 0.05) is 18.8 Å². The zero-order valence-electron chi connectivity index (χ0n) is 19.2. The second-order valence-electron chi connectivity index (χ2n) is 9.38. The van der Waals surface area contributed by atoms with Gasteiger partial charge in [0.05, 0.1) is 38.9 Å². The monoisotopic (exact) mass is 546 g/mol. The maximum Gasteiger partial charge on any atom is 0.269 e. The smallest absolute Gasteiger partial charge is 0.269 e. The van der Waals surface area contributed by atoms with Crippen LogP contribution in [0.3, 0.4) is 0 Å². The van der Waals surface area contributed by atoms with Crippen molar-refractivity contribution in [2.45, 2.75) is 55.4 Å². The maximum atomic E-state index is 14.5. The minimum atomic E-state index is -3.99. The number of sulfone groups is 1. The van der Waals surface area contributed by atoms with Crippen molar-refractivity contribution in [1.82, 2.24) is 19.8 Å². The lowest BCUT2D eigenvalue weighted by Gasteiger charge is -2.34. The highest BCUT2D eigenvalue weighted by Gasteiger charge is 2.40. The van der Waals surface area contributed by atoms with Gasteiger partial charge >= 0.3 is 0 Å². The lowest BCUT2D eigenvalue weighted by Crippen LogP contribution is -2.45. The van der Waals surface area contributed by atoms with Gasteiger partial charge in [-0.25, -0.2) is 26.2 Å². The molecule has 0 saturated heterocycles. The van der Waals surface area contributed by atoms with E-state index >= 15 is 0 Å². The van der Waals surface area contributed by atoms with Gasteiger partial charge in [0.1, 0.15) is 0 Å². The summed E-state index contributed by atoms with van der Waals surface area (Å²) in [6, 6.07) is 2.57. The summed E-state index contributed by atoms with van der Waals surface area (Å²) in [4.78, 5) is 18.8. The first-order valence-corrected chi connectivity index (χ1v) is 15.1. The Bertz CT molecular complexity index is 1330. The van der Waals surface area contributed by atoms with E-state index < -0.39 is 42.4 Å². The van der Waals surface area contributed by atoms with E-state index in [0.29, 0.717) is 43.4 Å². The molecule has 192 valence electrons. The number of carbonyl (C=O) groups is 1. The number of nitrogens with one attached hydrogen (secondary N) is 2. The highest BCUT2D eigenvalue weighted by Crippen LogP contribution is 2.36. The SMILES string of the molecule is Cn1cnc(-c2cc(Cl)c(F)c(C(=O)NNS(=O)(=O)CC3CCCC(S(=O)(=O)C4CCC4)C3)c2)c1. The number of aryl methyl sites for hydroxylation is 1. The van der Waals surface area contributed by atoms with Crippen molar-refractivity contribution in [3.8, 4) is 11.3 Å². The summed E-state index contributed by atoms with van der Waals surface area (Å²) < 4.78 is 67.0. The van der Waals surface area contributed by atoms with Crippen LogP contribution < -0.4 is 10.3 Å². The molecule has 2 saturated carbocycles. The highest BCUT2D eigenvalue weighted by molar-refractivity contribution is 7.92. The molecule has 2 aliphatic rings. The predicted octanol–water partition coefficient (Wildman–Crippen LogP) is 2.97. The van der Waals surface area contributed by atoms with Gasteiger partial charge in [0.25, 0.3) is 5.91 Å². The maximum absolute atomic E-state index is 14.5. The van der Waals surface area contributed by atoms with E-state index in [1.165, 1.54) is 18.5 Å². The van der Waals surface area contributed by atoms with Crippen LogP contribution in [0.4, 0.5) is 4.39 Å². The lowest BCUT2D eigenvalue weighted by molar-refractivity contribution is 0.0941. The fraction of sp³-hybridized carbons (Fsp3) is 0.545. The first-order chi connectivity index (χ1) is 16.5. The topological polar surface area (TPSA) is 127 Å². The predicted molar refractivity (Wildman–Crippen MR) is 130 cm³/mol. The van der Waals surface area contributed by atoms with E-state index in [1.54, 1.807) is 17.8 Å². The second kappa shape index (κ2) is 10.2. The average molecular weight is 547 g/mol. The van der Waals surface area contributed by atoms with E-state index in [0.717, 1.165) is 6.42 Å². The van der Waals surface area contributed by atoms with Gasteiger partial charge in [-0.3, -0.25) is 10.2 Å². The van der Waals surface area contributed by atoms with Crippen LogP contribution in [0.15, 0.2) is 24.7 Å². The average Bonchev–Trinajstić information content (AvgIpc) is 3.18. The number of halogens is 2. The molecule has 1 aromatic heterocycles. The Kier molecular flexibility index (Phi) is 7.56. The molecule has 2 fully saturated rings. The fourth-order valence-electron chi connectivity index (χ4n) is 4.67. The number of sulfonamides is 1. The number of hydrogen-bond acceptors (Lipinski definition) is 6. The Balaban J connectivity index is 1.40. The Labute approximate surface area is 209 Å². The lowest BCUT2D eigenvalue weighted by atomic mass is 9.90. The van der Waals surface area contributed by atoms with E-state index in [2.05, 4.69) is 4.98 Å². The van der Waals surface area contributed by atoms with E-state index in [4.69, 9.17) is 11.6 Å².